The zero-order valence-corrected chi connectivity index (χ0v) is 20.1. The molecule has 0 aliphatic rings. The molecule has 0 unspecified atom stereocenters. The lowest BCUT2D eigenvalue weighted by molar-refractivity contribution is 0.0831. The van der Waals surface area contributed by atoms with Gasteiger partial charge in [-0.2, -0.15) is 4.68 Å². The van der Waals surface area contributed by atoms with Gasteiger partial charge in [-0.25, -0.2) is 9.97 Å². The van der Waals surface area contributed by atoms with E-state index in [-0.39, 0.29) is 11.8 Å². The second-order valence-corrected chi connectivity index (χ2v) is 9.33. The van der Waals surface area contributed by atoms with Gasteiger partial charge in [0.1, 0.15) is 10.7 Å². The van der Waals surface area contributed by atoms with Crippen LogP contribution in [-0.4, -0.2) is 50.6 Å². The van der Waals surface area contributed by atoms with Gasteiger partial charge in [-0.15, -0.1) is 5.10 Å². The summed E-state index contributed by atoms with van der Waals surface area (Å²) in [5, 5.41) is 7.84. The van der Waals surface area contributed by atoms with E-state index in [1.165, 1.54) is 22.4 Å². The van der Waals surface area contributed by atoms with Crippen LogP contribution in [0, 0.1) is 6.92 Å². The van der Waals surface area contributed by atoms with Crippen molar-refractivity contribution < 1.29 is 9.59 Å². The van der Waals surface area contributed by atoms with Crippen LogP contribution in [0.4, 0.5) is 0 Å². The molecule has 29 heavy (non-hydrogen) atoms. The number of rotatable bonds is 5. The quantitative estimate of drug-likeness (QED) is 0.531. The molecule has 0 spiro atoms. The number of carbonyl (C=O) groups is 2. The van der Waals surface area contributed by atoms with Gasteiger partial charge in [-0.3, -0.25) is 9.59 Å². The largest absolute Gasteiger partial charge is 0.344 e. The van der Waals surface area contributed by atoms with Crippen LogP contribution < -0.4 is 5.32 Å². The molecule has 3 aromatic rings. The molecule has 0 saturated carbocycles. The lowest BCUT2D eigenvalue weighted by Gasteiger charge is -2.14. The van der Waals surface area contributed by atoms with Crippen molar-refractivity contribution in [1.82, 2.24) is 30.0 Å². The van der Waals surface area contributed by atoms with Crippen LogP contribution in [-0.2, 0) is 0 Å². The minimum Gasteiger partial charge on any atom is -0.344 e. The van der Waals surface area contributed by atoms with E-state index in [9.17, 15) is 9.59 Å². The molecule has 2 aromatic heterocycles. The molecule has 0 aliphatic heterocycles. The SMILES string of the molecule is Cc1nc([C@H](C)NC(=O)c2cc(Br)cc(Br)c2)n(-c2ncc(C(=O)N(C)C)s2)n1. The van der Waals surface area contributed by atoms with Crippen molar-refractivity contribution in [3.63, 3.8) is 0 Å². The molecule has 0 saturated heterocycles. The maximum atomic E-state index is 12.7. The van der Waals surface area contributed by atoms with Gasteiger partial charge >= 0.3 is 0 Å². The maximum Gasteiger partial charge on any atom is 0.265 e. The zero-order chi connectivity index (χ0) is 21.3. The Bertz CT molecular complexity index is 1060. The fourth-order valence-electron chi connectivity index (χ4n) is 2.56. The Hall–Kier alpha value is -2.11. The van der Waals surface area contributed by atoms with Crippen LogP contribution >= 0.6 is 43.2 Å². The van der Waals surface area contributed by atoms with Crippen molar-refractivity contribution in [2.24, 2.45) is 0 Å². The van der Waals surface area contributed by atoms with Crippen LogP contribution in [0.1, 0.15) is 44.6 Å². The van der Waals surface area contributed by atoms with Gasteiger partial charge in [0.2, 0.25) is 5.13 Å². The lowest BCUT2D eigenvalue weighted by Crippen LogP contribution is -2.28. The van der Waals surface area contributed by atoms with Crippen LogP contribution in [0.15, 0.2) is 33.3 Å². The number of aromatic nitrogens is 4. The number of amides is 2. The molecule has 2 heterocycles. The van der Waals surface area contributed by atoms with E-state index < -0.39 is 6.04 Å². The molecule has 0 radical (unpaired) electrons. The highest BCUT2D eigenvalue weighted by atomic mass is 79.9. The second kappa shape index (κ2) is 8.72. The Balaban J connectivity index is 1.86. The van der Waals surface area contributed by atoms with Gasteiger partial charge < -0.3 is 10.2 Å². The second-order valence-electron chi connectivity index (χ2n) is 6.49. The number of benzene rings is 1. The first-order valence-corrected chi connectivity index (χ1v) is 10.9. The minimum absolute atomic E-state index is 0.131. The molecule has 8 nitrogen and oxygen atoms in total. The van der Waals surface area contributed by atoms with Crippen molar-refractivity contribution in [2.45, 2.75) is 19.9 Å². The fourth-order valence-corrected chi connectivity index (χ4v) is 4.76. The van der Waals surface area contributed by atoms with E-state index in [1.807, 2.05) is 13.0 Å². The number of nitrogens with one attached hydrogen (secondary N) is 1. The molecule has 2 amide bonds. The van der Waals surface area contributed by atoms with Crippen molar-refractivity contribution >= 4 is 55.0 Å². The van der Waals surface area contributed by atoms with Gasteiger partial charge in [0, 0.05) is 28.6 Å². The molecule has 1 aromatic carbocycles. The van der Waals surface area contributed by atoms with Crippen LogP contribution in [0.2, 0.25) is 0 Å². The van der Waals surface area contributed by atoms with E-state index in [4.69, 9.17) is 0 Å². The van der Waals surface area contributed by atoms with E-state index in [0.717, 1.165) is 8.95 Å². The number of thiazole rings is 1. The van der Waals surface area contributed by atoms with E-state index in [2.05, 4.69) is 52.2 Å². The average Bonchev–Trinajstić information content (AvgIpc) is 3.26. The summed E-state index contributed by atoms with van der Waals surface area (Å²) in [5.41, 5.74) is 0.508. The molecule has 0 fully saturated rings. The topological polar surface area (TPSA) is 93.0 Å². The highest BCUT2D eigenvalue weighted by Crippen LogP contribution is 2.23. The zero-order valence-electron chi connectivity index (χ0n) is 16.1. The third kappa shape index (κ3) is 4.90. The van der Waals surface area contributed by atoms with Gasteiger partial charge in [0.15, 0.2) is 5.82 Å². The number of hydrogen-bond donors (Lipinski definition) is 1. The number of carbonyl (C=O) groups excluding carboxylic acids is 2. The van der Waals surface area contributed by atoms with Crippen molar-refractivity contribution in [1.29, 1.82) is 0 Å². The molecule has 0 bridgehead atoms. The Kier molecular flexibility index (Phi) is 6.49. The van der Waals surface area contributed by atoms with Crippen molar-refractivity contribution in [3.05, 3.63) is 55.4 Å². The van der Waals surface area contributed by atoms with Crippen molar-refractivity contribution in [2.75, 3.05) is 14.1 Å². The minimum atomic E-state index is -0.432. The third-order valence-electron chi connectivity index (χ3n) is 3.89. The van der Waals surface area contributed by atoms with Crippen molar-refractivity contribution in [3.8, 4) is 5.13 Å². The monoisotopic (exact) mass is 540 g/mol. The highest BCUT2D eigenvalue weighted by molar-refractivity contribution is 9.11. The Morgan fingerprint density at radius 2 is 1.86 bits per heavy atom. The standard InChI is InChI=1S/C18H18Br2N6O2S/c1-9(22-16(27)11-5-12(19)7-13(20)6-11)15-23-10(2)24-26(15)18-21-8-14(29-18)17(28)25(3)4/h5-9H,1-4H3,(H,22,27)/t9-/m0/s1. The molecule has 152 valence electrons. The summed E-state index contributed by atoms with van der Waals surface area (Å²) in [4.78, 5) is 35.6. The van der Waals surface area contributed by atoms with Crippen LogP contribution in [0.3, 0.4) is 0 Å². The molecule has 0 aliphatic carbocycles. The Morgan fingerprint density at radius 3 is 2.48 bits per heavy atom. The van der Waals surface area contributed by atoms with E-state index in [0.29, 0.717) is 27.2 Å². The van der Waals surface area contributed by atoms with Crippen LogP contribution in [0.25, 0.3) is 5.13 Å². The summed E-state index contributed by atoms with van der Waals surface area (Å²) in [7, 11) is 3.37. The first kappa shape index (κ1) is 21.6. The number of hydrogen-bond acceptors (Lipinski definition) is 6. The first-order chi connectivity index (χ1) is 13.7. The Labute approximate surface area is 188 Å². The Morgan fingerprint density at radius 1 is 1.21 bits per heavy atom. The number of halogens is 2. The normalized spacial score (nSPS) is 11.9. The van der Waals surface area contributed by atoms with E-state index >= 15 is 0 Å². The summed E-state index contributed by atoms with van der Waals surface area (Å²) in [6.45, 7) is 3.59. The summed E-state index contributed by atoms with van der Waals surface area (Å²) < 4.78 is 3.16. The van der Waals surface area contributed by atoms with Gasteiger partial charge in [0.05, 0.1) is 12.2 Å². The van der Waals surface area contributed by atoms with E-state index in [1.54, 1.807) is 37.8 Å². The third-order valence-corrected chi connectivity index (χ3v) is 5.77. The number of aryl methyl sites for hydroxylation is 1. The lowest BCUT2D eigenvalue weighted by atomic mass is 10.2. The van der Waals surface area contributed by atoms with Gasteiger partial charge in [-0.1, -0.05) is 43.2 Å². The predicted octanol–water partition coefficient (Wildman–Crippen LogP) is 3.75. The van der Waals surface area contributed by atoms with Gasteiger partial charge in [-0.05, 0) is 32.0 Å². The van der Waals surface area contributed by atoms with Crippen LogP contribution in [0.5, 0.6) is 0 Å². The summed E-state index contributed by atoms with van der Waals surface area (Å²) >= 11 is 7.99. The first-order valence-electron chi connectivity index (χ1n) is 8.54. The summed E-state index contributed by atoms with van der Waals surface area (Å²) in [5.74, 6) is 0.702. The molecular weight excluding hydrogens is 524 g/mol. The molecule has 1 N–H and O–H groups in total. The summed E-state index contributed by atoms with van der Waals surface area (Å²) in [6.07, 6.45) is 1.52. The molecular formula is C18H18Br2N6O2S. The smallest absolute Gasteiger partial charge is 0.265 e. The molecule has 1 atom stereocenters. The predicted molar refractivity (Wildman–Crippen MR) is 118 cm³/mol. The average molecular weight is 542 g/mol. The molecule has 11 heteroatoms. The number of nitrogens with zero attached hydrogens (tertiary/aromatic N) is 5. The maximum absolute atomic E-state index is 12.7. The molecule has 3 rings (SSSR count). The highest BCUT2D eigenvalue weighted by Gasteiger charge is 2.22. The van der Waals surface area contributed by atoms with Gasteiger partial charge in [0.25, 0.3) is 11.8 Å². The fraction of sp³-hybridized carbons (Fsp3) is 0.278. The summed E-state index contributed by atoms with van der Waals surface area (Å²) in [6, 6.07) is 4.90.